The Hall–Kier alpha value is -2.18. The van der Waals surface area contributed by atoms with Crippen LogP contribution in [0.2, 0.25) is 5.02 Å². The minimum Gasteiger partial charge on any atom is -0.298 e. The topological polar surface area (TPSA) is 59.8 Å². The molecule has 24 heavy (non-hydrogen) atoms. The van der Waals surface area contributed by atoms with Crippen LogP contribution in [-0.2, 0) is 12.8 Å². The monoisotopic (exact) mass is 358 g/mol. The SMILES string of the molecule is Cc1c(C(=O)Nc2nc3c(s2)CCC3)cnn1-c1cccc(Cl)c1. The van der Waals surface area contributed by atoms with Crippen LogP contribution in [0.1, 0.15) is 33.0 Å². The van der Waals surface area contributed by atoms with Crippen LogP contribution >= 0.6 is 22.9 Å². The molecule has 0 saturated heterocycles. The van der Waals surface area contributed by atoms with Crippen LogP contribution in [0.5, 0.6) is 0 Å². The van der Waals surface area contributed by atoms with E-state index in [1.807, 2.05) is 25.1 Å². The van der Waals surface area contributed by atoms with E-state index >= 15 is 0 Å². The first-order valence-electron chi connectivity index (χ1n) is 7.72. The van der Waals surface area contributed by atoms with E-state index in [0.29, 0.717) is 15.7 Å². The molecule has 0 atom stereocenters. The Morgan fingerprint density at radius 1 is 1.38 bits per heavy atom. The molecule has 1 amide bonds. The van der Waals surface area contributed by atoms with Crippen LogP contribution in [0.15, 0.2) is 30.5 Å². The van der Waals surface area contributed by atoms with Crippen LogP contribution in [0.3, 0.4) is 0 Å². The predicted molar refractivity (Wildman–Crippen MR) is 95.4 cm³/mol. The lowest BCUT2D eigenvalue weighted by molar-refractivity contribution is 0.102. The zero-order valence-corrected chi connectivity index (χ0v) is 14.6. The molecule has 2 heterocycles. The van der Waals surface area contributed by atoms with Gasteiger partial charge >= 0.3 is 0 Å². The molecule has 1 N–H and O–H groups in total. The Balaban J connectivity index is 1.59. The smallest absolute Gasteiger partial charge is 0.260 e. The second-order valence-electron chi connectivity index (χ2n) is 5.73. The van der Waals surface area contributed by atoms with Gasteiger partial charge in [-0.1, -0.05) is 17.7 Å². The second-order valence-corrected chi connectivity index (χ2v) is 7.25. The number of rotatable bonds is 3. The molecule has 1 aromatic carbocycles. The average molecular weight is 359 g/mol. The molecule has 122 valence electrons. The fourth-order valence-corrected chi connectivity index (χ4v) is 4.14. The lowest BCUT2D eigenvalue weighted by Gasteiger charge is -2.06. The van der Waals surface area contributed by atoms with Gasteiger partial charge in [0.25, 0.3) is 5.91 Å². The van der Waals surface area contributed by atoms with Crippen molar-refractivity contribution in [3.05, 3.63) is 57.3 Å². The van der Waals surface area contributed by atoms with Crippen molar-refractivity contribution in [3.63, 3.8) is 0 Å². The first-order chi connectivity index (χ1) is 11.6. The summed E-state index contributed by atoms with van der Waals surface area (Å²) in [6.45, 7) is 1.87. The van der Waals surface area contributed by atoms with Gasteiger partial charge < -0.3 is 0 Å². The summed E-state index contributed by atoms with van der Waals surface area (Å²) < 4.78 is 1.71. The number of nitrogens with zero attached hydrogens (tertiary/aromatic N) is 3. The van der Waals surface area contributed by atoms with Gasteiger partial charge in [0.05, 0.1) is 28.8 Å². The van der Waals surface area contributed by atoms with Gasteiger partial charge in [0.2, 0.25) is 0 Å². The van der Waals surface area contributed by atoms with E-state index < -0.39 is 0 Å². The Bertz CT molecular complexity index is 909. The number of thiazole rings is 1. The molecular weight excluding hydrogens is 344 g/mol. The minimum absolute atomic E-state index is 0.187. The summed E-state index contributed by atoms with van der Waals surface area (Å²) in [7, 11) is 0. The molecule has 3 aromatic rings. The highest BCUT2D eigenvalue weighted by Crippen LogP contribution is 2.30. The third kappa shape index (κ3) is 2.72. The lowest BCUT2D eigenvalue weighted by atomic mass is 10.2. The first-order valence-corrected chi connectivity index (χ1v) is 8.92. The maximum atomic E-state index is 12.5. The minimum atomic E-state index is -0.187. The van der Waals surface area contributed by atoms with Crippen molar-refractivity contribution in [1.82, 2.24) is 14.8 Å². The second kappa shape index (κ2) is 6.03. The van der Waals surface area contributed by atoms with Crippen LogP contribution in [0.4, 0.5) is 5.13 Å². The van der Waals surface area contributed by atoms with Crippen molar-refractivity contribution in [2.75, 3.05) is 5.32 Å². The molecule has 0 bridgehead atoms. The van der Waals surface area contributed by atoms with E-state index in [1.54, 1.807) is 28.3 Å². The summed E-state index contributed by atoms with van der Waals surface area (Å²) in [4.78, 5) is 18.3. The summed E-state index contributed by atoms with van der Waals surface area (Å²) >= 11 is 7.60. The highest BCUT2D eigenvalue weighted by atomic mass is 35.5. The third-order valence-corrected chi connectivity index (χ3v) is 5.43. The normalized spacial score (nSPS) is 13.1. The maximum absolute atomic E-state index is 12.5. The number of nitrogens with one attached hydrogen (secondary N) is 1. The zero-order chi connectivity index (χ0) is 16.7. The summed E-state index contributed by atoms with van der Waals surface area (Å²) in [5.74, 6) is -0.187. The molecule has 0 saturated carbocycles. The molecule has 4 rings (SSSR count). The molecule has 0 unspecified atom stereocenters. The number of aryl methyl sites for hydroxylation is 2. The van der Waals surface area contributed by atoms with Gasteiger partial charge in [0.15, 0.2) is 5.13 Å². The molecule has 0 fully saturated rings. The number of benzene rings is 1. The number of halogens is 1. The fraction of sp³-hybridized carbons (Fsp3) is 0.235. The van der Waals surface area contributed by atoms with Crippen molar-refractivity contribution in [1.29, 1.82) is 0 Å². The first kappa shape index (κ1) is 15.4. The number of carbonyl (C=O) groups is 1. The Morgan fingerprint density at radius 3 is 3.04 bits per heavy atom. The fourth-order valence-electron chi connectivity index (χ4n) is 2.91. The van der Waals surface area contributed by atoms with Crippen molar-refractivity contribution >= 4 is 34.0 Å². The van der Waals surface area contributed by atoms with E-state index in [2.05, 4.69) is 15.4 Å². The molecule has 0 aliphatic heterocycles. The van der Waals surface area contributed by atoms with Crippen molar-refractivity contribution < 1.29 is 4.79 Å². The number of carbonyl (C=O) groups excluding carboxylic acids is 1. The van der Waals surface area contributed by atoms with Gasteiger partial charge in [-0.05, 0) is 44.4 Å². The Kier molecular flexibility index (Phi) is 3.86. The number of fused-ring (bicyclic) bond motifs is 1. The van der Waals surface area contributed by atoms with Crippen molar-refractivity contribution in [2.45, 2.75) is 26.2 Å². The van der Waals surface area contributed by atoms with Crippen LogP contribution in [0.25, 0.3) is 5.69 Å². The number of aromatic nitrogens is 3. The number of anilines is 1. The highest BCUT2D eigenvalue weighted by molar-refractivity contribution is 7.16. The van der Waals surface area contributed by atoms with Crippen molar-refractivity contribution in [2.24, 2.45) is 0 Å². The van der Waals surface area contributed by atoms with Gasteiger partial charge in [-0.3, -0.25) is 10.1 Å². The zero-order valence-electron chi connectivity index (χ0n) is 13.0. The predicted octanol–water partition coefficient (Wildman–Crippen LogP) is 4.03. The van der Waals surface area contributed by atoms with Crippen LogP contribution in [-0.4, -0.2) is 20.7 Å². The number of hydrogen-bond donors (Lipinski definition) is 1. The molecule has 0 radical (unpaired) electrons. The quantitative estimate of drug-likeness (QED) is 0.768. The van der Waals surface area contributed by atoms with Gasteiger partial charge in [-0.25, -0.2) is 9.67 Å². The maximum Gasteiger partial charge on any atom is 0.260 e. The number of hydrogen-bond acceptors (Lipinski definition) is 4. The van der Waals surface area contributed by atoms with Crippen molar-refractivity contribution in [3.8, 4) is 5.69 Å². The van der Waals surface area contributed by atoms with E-state index in [9.17, 15) is 4.79 Å². The summed E-state index contributed by atoms with van der Waals surface area (Å²) in [5.41, 5.74) is 3.25. The van der Waals surface area contributed by atoms with E-state index in [4.69, 9.17) is 11.6 Å². The molecular formula is C17H15ClN4OS. The van der Waals surface area contributed by atoms with Crippen LogP contribution in [0, 0.1) is 6.92 Å². The summed E-state index contributed by atoms with van der Waals surface area (Å²) in [6.07, 6.45) is 4.81. The average Bonchev–Trinajstić information content (AvgIpc) is 3.21. The summed E-state index contributed by atoms with van der Waals surface area (Å²) in [5, 5.41) is 8.51. The number of amides is 1. The molecule has 5 nitrogen and oxygen atoms in total. The Morgan fingerprint density at radius 2 is 2.25 bits per heavy atom. The van der Waals surface area contributed by atoms with Gasteiger partial charge in [-0.15, -0.1) is 11.3 Å². The molecule has 1 aliphatic carbocycles. The van der Waals surface area contributed by atoms with Crippen LogP contribution < -0.4 is 5.32 Å². The molecule has 1 aliphatic rings. The van der Waals surface area contributed by atoms with E-state index in [0.717, 1.165) is 36.3 Å². The summed E-state index contributed by atoms with van der Waals surface area (Å²) in [6, 6.07) is 7.38. The largest absolute Gasteiger partial charge is 0.298 e. The van der Waals surface area contributed by atoms with Gasteiger partial charge in [-0.2, -0.15) is 5.10 Å². The lowest BCUT2D eigenvalue weighted by Crippen LogP contribution is -2.13. The molecule has 0 spiro atoms. The molecule has 2 aromatic heterocycles. The standard InChI is InChI=1S/C17H15ClN4OS/c1-10-13(9-19-22(10)12-5-2-4-11(18)8-12)16(23)21-17-20-14-6-3-7-15(14)24-17/h2,4-5,8-9H,3,6-7H2,1H3,(H,20,21,23). The highest BCUT2D eigenvalue weighted by Gasteiger charge is 2.20. The van der Waals surface area contributed by atoms with E-state index in [1.165, 1.54) is 4.88 Å². The third-order valence-electron chi connectivity index (χ3n) is 4.12. The molecule has 7 heteroatoms. The van der Waals surface area contributed by atoms with E-state index in [-0.39, 0.29) is 5.91 Å². The van der Waals surface area contributed by atoms with Gasteiger partial charge in [0, 0.05) is 9.90 Å². The Labute approximate surface area is 148 Å². The van der Waals surface area contributed by atoms with Gasteiger partial charge in [0.1, 0.15) is 0 Å².